The Balaban J connectivity index is 1.33. The van der Waals surface area contributed by atoms with Crippen LogP contribution in [-0.2, 0) is 0 Å². The molecule has 0 unspecified atom stereocenters. The zero-order valence-electron chi connectivity index (χ0n) is 24.6. The van der Waals surface area contributed by atoms with Gasteiger partial charge in [-0.1, -0.05) is 121 Å². The second-order valence-electron chi connectivity index (χ2n) is 11.6. The van der Waals surface area contributed by atoms with Gasteiger partial charge in [-0.25, -0.2) is 4.98 Å². The van der Waals surface area contributed by atoms with Gasteiger partial charge in [-0.15, -0.1) is 0 Å². The molecule has 1 aliphatic heterocycles. The third kappa shape index (κ3) is 3.73. The number of benzene rings is 6. The summed E-state index contributed by atoms with van der Waals surface area (Å²) >= 11 is 0. The molecule has 0 fully saturated rings. The summed E-state index contributed by atoms with van der Waals surface area (Å²) < 4.78 is 2.29. The molecular weight excluding hydrogens is 563 g/mol. The molecule has 0 aliphatic carbocycles. The minimum absolute atomic E-state index is 0.967. The molecule has 2 aromatic heterocycles. The van der Waals surface area contributed by atoms with Gasteiger partial charge in [0.2, 0.25) is 0 Å². The highest BCUT2D eigenvalue weighted by molar-refractivity contribution is 7.21. The van der Waals surface area contributed by atoms with Gasteiger partial charge in [-0.05, 0) is 69.3 Å². The van der Waals surface area contributed by atoms with Crippen molar-refractivity contribution in [1.29, 1.82) is 0 Å². The van der Waals surface area contributed by atoms with Gasteiger partial charge in [-0.2, -0.15) is 0 Å². The quantitative estimate of drug-likeness (QED) is 0.200. The molecule has 1 aliphatic rings. The summed E-state index contributed by atoms with van der Waals surface area (Å²) in [6.45, 7) is 0. The van der Waals surface area contributed by atoms with Crippen LogP contribution >= 0.6 is 0 Å². The van der Waals surface area contributed by atoms with Gasteiger partial charge in [0.25, 0.3) is 0 Å². The molecule has 0 radical (unpaired) electrons. The third-order valence-corrected chi connectivity index (χ3v) is 14.2. The molecular formula is C41H29N3Si. The number of rotatable bonds is 4. The van der Waals surface area contributed by atoms with E-state index in [1.165, 1.54) is 37.5 Å². The Kier molecular flexibility index (Phi) is 5.83. The largest absolute Gasteiger partial charge is 0.311 e. The lowest BCUT2D eigenvalue weighted by Crippen LogP contribution is -2.77. The lowest BCUT2D eigenvalue weighted by molar-refractivity contribution is 1.13. The van der Waals surface area contributed by atoms with E-state index in [-0.39, 0.29) is 0 Å². The summed E-state index contributed by atoms with van der Waals surface area (Å²) in [7, 11) is -2.65. The van der Waals surface area contributed by atoms with Gasteiger partial charge < -0.3 is 4.90 Å². The van der Waals surface area contributed by atoms with E-state index in [2.05, 4.69) is 173 Å². The second-order valence-corrected chi connectivity index (χ2v) is 15.3. The monoisotopic (exact) mass is 591 g/mol. The summed E-state index contributed by atoms with van der Waals surface area (Å²) in [6.07, 6.45) is 1.88. The molecule has 45 heavy (non-hydrogen) atoms. The first-order valence-corrected chi connectivity index (χ1v) is 17.4. The molecule has 4 heteroatoms. The molecule has 3 heterocycles. The van der Waals surface area contributed by atoms with Gasteiger partial charge in [-0.3, -0.25) is 4.57 Å². The molecule has 8 aromatic rings. The number of aromatic nitrogens is 2. The van der Waals surface area contributed by atoms with Crippen molar-refractivity contribution in [3.63, 3.8) is 0 Å². The fourth-order valence-electron chi connectivity index (χ4n) is 7.52. The smallest absolute Gasteiger partial charge is 0.184 e. The molecule has 0 N–H and O–H groups in total. The average Bonchev–Trinajstić information content (AvgIpc) is 3.46. The van der Waals surface area contributed by atoms with Crippen LogP contribution in [0.3, 0.4) is 0 Å². The maximum Gasteiger partial charge on any atom is 0.184 e. The normalized spacial score (nSPS) is 13.5. The van der Waals surface area contributed by atoms with Crippen LogP contribution in [0.1, 0.15) is 0 Å². The molecule has 6 aromatic carbocycles. The van der Waals surface area contributed by atoms with Crippen molar-refractivity contribution < 1.29 is 0 Å². The Morgan fingerprint density at radius 2 is 1.00 bits per heavy atom. The van der Waals surface area contributed by atoms with Crippen molar-refractivity contribution in [3.8, 4) is 5.69 Å². The Bertz CT molecular complexity index is 2200. The standard InChI is InChI=1S/C41H29N3Si/c1-3-17-32(18-4-1)45(33-19-5-2-6-20-33)39-26-11-9-24-37(39)43(38-25-10-12-27-40(38)45)30-15-13-16-31(29-30)44-36-23-8-7-21-34(36)35-22-14-28-42-41(35)44/h1-29H. The van der Waals surface area contributed by atoms with Crippen LogP contribution < -0.4 is 25.6 Å². The van der Waals surface area contributed by atoms with E-state index in [4.69, 9.17) is 4.98 Å². The van der Waals surface area contributed by atoms with Gasteiger partial charge in [0.1, 0.15) is 5.65 Å². The highest BCUT2D eigenvalue weighted by atomic mass is 28.3. The number of hydrogen-bond donors (Lipinski definition) is 0. The van der Waals surface area contributed by atoms with Gasteiger partial charge in [0, 0.05) is 39.7 Å². The maximum absolute atomic E-state index is 4.85. The predicted molar refractivity (Wildman–Crippen MR) is 190 cm³/mol. The summed E-state index contributed by atoms with van der Waals surface area (Å²) in [5.74, 6) is 0. The first kappa shape index (κ1) is 25.8. The molecule has 0 saturated carbocycles. The van der Waals surface area contributed by atoms with Crippen LogP contribution in [-0.4, -0.2) is 17.6 Å². The van der Waals surface area contributed by atoms with Gasteiger partial charge in [0.05, 0.1) is 5.52 Å². The Labute approximate surface area is 263 Å². The summed E-state index contributed by atoms with van der Waals surface area (Å²) in [5, 5.41) is 7.94. The van der Waals surface area contributed by atoms with Crippen LogP contribution in [0.2, 0.25) is 0 Å². The summed E-state index contributed by atoms with van der Waals surface area (Å²) in [6, 6.07) is 62.1. The number of pyridine rings is 1. The maximum atomic E-state index is 4.85. The third-order valence-electron chi connectivity index (χ3n) is 9.29. The van der Waals surface area contributed by atoms with E-state index >= 15 is 0 Å². The van der Waals surface area contributed by atoms with Crippen LogP contribution in [0, 0.1) is 0 Å². The van der Waals surface area contributed by atoms with Gasteiger partial charge in [0.15, 0.2) is 8.07 Å². The molecule has 0 spiro atoms. The topological polar surface area (TPSA) is 21.1 Å². The van der Waals surface area contributed by atoms with E-state index in [0.717, 1.165) is 27.9 Å². The van der Waals surface area contributed by atoms with Crippen molar-refractivity contribution >= 4 is 67.8 Å². The second kappa shape index (κ2) is 10.2. The van der Waals surface area contributed by atoms with Crippen LogP contribution in [0.25, 0.3) is 27.6 Å². The number of para-hydroxylation sites is 3. The SMILES string of the molecule is c1ccc([Si]2(c3ccccc3)c3ccccc3N(c3cccc(-n4c5ccccc5c5cccnc54)c3)c3ccccc32)cc1. The van der Waals surface area contributed by atoms with Crippen molar-refractivity contribution in [1.82, 2.24) is 9.55 Å². The van der Waals surface area contributed by atoms with Crippen molar-refractivity contribution in [2.75, 3.05) is 4.90 Å². The average molecular weight is 592 g/mol. The first-order chi connectivity index (χ1) is 22.4. The van der Waals surface area contributed by atoms with Crippen molar-refractivity contribution in [2.24, 2.45) is 0 Å². The van der Waals surface area contributed by atoms with E-state index in [1.54, 1.807) is 0 Å². The van der Waals surface area contributed by atoms with E-state index < -0.39 is 8.07 Å². The molecule has 3 nitrogen and oxygen atoms in total. The molecule has 0 bridgehead atoms. The molecule has 0 amide bonds. The highest BCUT2D eigenvalue weighted by Gasteiger charge is 2.48. The van der Waals surface area contributed by atoms with Crippen molar-refractivity contribution in [3.05, 3.63) is 176 Å². The highest BCUT2D eigenvalue weighted by Crippen LogP contribution is 2.39. The lowest BCUT2D eigenvalue weighted by Gasteiger charge is -2.45. The van der Waals surface area contributed by atoms with Crippen LogP contribution in [0.5, 0.6) is 0 Å². The van der Waals surface area contributed by atoms with E-state index in [0.29, 0.717) is 0 Å². The van der Waals surface area contributed by atoms with Crippen LogP contribution in [0.4, 0.5) is 17.1 Å². The summed E-state index contributed by atoms with van der Waals surface area (Å²) in [5.41, 5.74) is 6.80. The number of hydrogen-bond acceptors (Lipinski definition) is 2. The fraction of sp³-hybridized carbons (Fsp3) is 0. The molecule has 9 rings (SSSR count). The zero-order valence-corrected chi connectivity index (χ0v) is 25.6. The molecule has 0 saturated heterocycles. The number of anilines is 3. The Morgan fingerprint density at radius 3 is 1.69 bits per heavy atom. The lowest BCUT2D eigenvalue weighted by atomic mass is 10.1. The Hall–Kier alpha value is -5.71. The minimum Gasteiger partial charge on any atom is -0.311 e. The summed E-state index contributed by atoms with van der Waals surface area (Å²) in [4.78, 5) is 7.31. The fourth-order valence-corrected chi connectivity index (χ4v) is 12.6. The predicted octanol–water partition coefficient (Wildman–Crippen LogP) is 7.34. The zero-order chi connectivity index (χ0) is 29.8. The Morgan fingerprint density at radius 1 is 0.444 bits per heavy atom. The number of nitrogens with zero attached hydrogens (tertiary/aromatic N) is 3. The van der Waals surface area contributed by atoms with Crippen LogP contribution in [0.15, 0.2) is 176 Å². The molecule has 0 atom stereocenters. The minimum atomic E-state index is -2.65. The first-order valence-electron chi connectivity index (χ1n) is 15.4. The van der Waals surface area contributed by atoms with E-state index in [9.17, 15) is 0 Å². The molecule has 212 valence electrons. The van der Waals surface area contributed by atoms with E-state index in [1.807, 2.05) is 12.3 Å². The number of fused-ring (bicyclic) bond motifs is 5. The van der Waals surface area contributed by atoms with Crippen molar-refractivity contribution in [2.45, 2.75) is 0 Å². The van der Waals surface area contributed by atoms with Gasteiger partial charge >= 0.3 is 0 Å².